The van der Waals surface area contributed by atoms with Gasteiger partial charge in [-0.05, 0) is 61.4 Å². The summed E-state index contributed by atoms with van der Waals surface area (Å²) in [6, 6.07) is 18.0. The van der Waals surface area contributed by atoms with Crippen LogP contribution < -0.4 is 10.6 Å². The van der Waals surface area contributed by atoms with E-state index in [1.807, 2.05) is 38.1 Å². The average Bonchev–Trinajstić information content (AvgIpc) is 2.66. The number of anilines is 3. The molecule has 0 aliphatic carbocycles. The molecule has 6 heteroatoms. The summed E-state index contributed by atoms with van der Waals surface area (Å²) in [5.74, 6) is 0.174. The van der Waals surface area contributed by atoms with Crippen LogP contribution in [-0.4, -0.2) is 16.1 Å². The van der Waals surface area contributed by atoms with Gasteiger partial charge < -0.3 is 10.6 Å². The van der Waals surface area contributed by atoms with Gasteiger partial charge in [-0.25, -0.2) is 0 Å². The molecule has 2 aromatic carbocycles. The number of amides is 1. The van der Waals surface area contributed by atoms with Crippen LogP contribution in [0.15, 0.2) is 54.6 Å². The van der Waals surface area contributed by atoms with Crippen molar-refractivity contribution in [3.05, 3.63) is 77.0 Å². The average molecular weight is 343 g/mol. The topological polar surface area (TPSA) is 90.7 Å². The van der Waals surface area contributed by atoms with Gasteiger partial charge in [0.25, 0.3) is 5.91 Å². The van der Waals surface area contributed by atoms with Crippen molar-refractivity contribution in [2.24, 2.45) is 0 Å². The molecule has 0 saturated heterocycles. The summed E-state index contributed by atoms with van der Waals surface area (Å²) in [5.41, 5.74) is 4.46. The Hall–Kier alpha value is -3.72. The first kappa shape index (κ1) is 17.1. The zero-order valence-corrected chi connectivity index (χ0v) is 14.4. The van der Waals surface area contributed by atoms with Gasteiger partial charge in [-0.3, -0.25) is 4.79 Å². The van der Waals surface area contributed by atoms with Crippen LogP contribution in [0.5, 0.6) is 0 Å². The number of rotatable bonds is 4. The number of aromatic nitrogens is 2. The molecule has 0 fully saturated rings. The van der Waals surface area contributed by atoms with E-state index in [0.29, 0.717) is 17.1 Å². The van der Waals surface area contributed by atoms with Gasteiger partial charge >= 0.3 is 0 Å². The highest BCUT2D eigenvalue weighted by Gasteiger charge is 2.10. The maximum absolute atomic E-state index is 12.3. The minimum Gasteiger partial charge on any atom is -0.339 e. The molecule has 0 aliphatic rings. The first-order valence-corrected chi connectivity index (χ1v) is 8.05. The number of nitriles is 1. The minimum atomic E-state index is -0.383. The molecule has 0 aliphatic heterocycles. The fraction of sp³-hybridized carbons (Fsp3) is 0.100. The van der Waals surface area contributed by atoms with Crippen LogP contribution >= 0.6 is 0 Å². The highest BCUT2D eigenvalue weighted by atomic mass is 16.1. The Morgan fingerprint density at radius 3 is 2.58 bits per heavy atom. The van der Waals surface area contributed by atoms with Crippen molar-refractivity contribution in [3.63, 3.8) is 0 Å². The fourth-order valence-electron chi connectivity index (χ4n) is 2.41. The van der Waals surface area contributed by atoms with Gasteiger partial charge in [0.05, 0.1) is 11.6 Å². The monoisotopic (exact) mass is 343 g/mol. The number of benzene rings is 2. The van der Waals surface area contributed by atoms with Crippen molar-refractivity contribution in [2.45, 2.75) is 13.8 Å². The van der Waals surface area contributed by atoms with Crippen molar-refractivity contribution >= 4 is 23.1 Å². The molecule has 0 atom stereocenters. The Balaban J connectivity index is 1.71. The van der Waals surface area contributed by atoms with Gasteiger partial charge in [0, 0.05) is 11.4 Å². The zero-order valence-electron chi connectivity index (χ0n) is 14.4. The van der Waals surface area contributed by atoms with E-state index >= 15 is 0 Å². The Morgan fingerprint density at radius 2 is 1.85 bits per heavy atom. The highest BCUT2D eigenvalue weighted by molar-refractivity contribution is 6.02. The number of hydrogen-bond donors (Lipinski definition) is 2. The van der Waals surface area contributed by atoms with Gasteiger partial charge in [-0.2, -0.15) is 5.26 Å². The van der Waals surface area contributed by atoms with Gasteiger partial charge in [-0.1, -0.05) is 18.2 Å². The number of carbonyl (C=O) groups is 1. The Labute approximate surface area is 151 Å². The second-order valence-electron chi connectivity index (χ2n) is 5.82. The summed E-state index contributed by atoms with van der Waals surface area (Å²) >= 11 is 0. The van der Waals surface area contributed by atoms with Gasteiger partial charge in [-0.15, -0.1) is 10.2 Å². The molecule has 128 valence electrons. The third-order valence-electron chi connectivity index (χ3n) is 4.01. The van der Waals surface area contributed by atoms with E-state index in [1.54, 1.807) is 36.4 Å². The van der Waals surface area contributed by atoms with Gasteiger partial charge in [0.2, 0.25) is 0 Å². The molecule has 0 bridgehead atoms. The quantitative estimate of drug-likeness (QED) is 0.748. The summed E-state index contributed by atoms with van der Waals surface area (Å²) in [6.45, 7) is 4.07. The summed E-state index contributed by atoms with van der Waals surface area (Å²) in [4.78, 5) is 12.3. The smallest absolute Gasteiger partial charge is 0.276 e. The number of nitrogens with one attached hydrogen (secondary N) is 2. The van der Waals surface area contributed by atoms with E-state index in [2.05, 4.69) is 20.8 Å². The van der Waals surface area contributed by atoms with Crippen molar-refractivity contribution in [1.29, 1.82) is 5.26 Å². The van der Waals surface area contributed by atoms with Crippen LogP contribution in [-0.2, 0) is 0 Å². The van der Waals surface area contributed by atoms with E-state index in [-0.39, 0.29) is 11.6 Å². The summed E-state index contributed by atoms with van der Waals surface area (Å²) in [5, 5.41) is 22.9. The SMILES string of the molecule is Cc1cccc(Nc2ccc(C(=O)Nc3cccc(C#N)c3)nn2)c1C. The second kappa shape index (κ2) is 7.45. The zero-order chi connectivity index (χ0) is 18.5. The molecule has 0 radical (unpaired) electrons. The lowest BCUT2D eigenvalue weighted by Crippen LogP contribution is -2.14. The van der Waals surface area contributed by atoms with Crippen LogP contribution in [0.3, 0.4) is 0 Å². The van der Waals surface area contributed by atoms with Gasteiger partial charge in [0.15, 0.2) is 11.5 Å². The van der Waals surface area contributed by atoms with E-state index in [4.69, 9.17) is 5.26 Å². The molecular weight excluding hydrogens is 326 g/mol. The summed E-state index contributed by atoms with van der Waals surface area (Å²) in [7, 11) is 0. The van der Waals surface area contributed by atoms with Crippen molar-refractivity contribution in [2.75, 3.05) is 10.6 Å². The molecule has 6 nitrogen and oxygen atoms in total. The first-order chi connectivity index (χ1) is 12.6. The molecule has 1 amide bonds. The van der Waals surface area contributed by atoms with Crippen molar-refractivity contribution in [3.8, 4) is 6.07 Å². The van der Waals surface area contributed by atoms with Crippen LogP contribution in [0.1, 0.15) is 27.2 Å². The van der Waals surface area contributed by atoms with Gasteiger partial charge in [0.1, 0.15) is 0 Å². The Kier molecular flexibility index (Phi) is 4.90. The molecule has 0 spiro atoms. The summed E-state index contributed by atoms with van der Waals surface area (Å²) in [6.07, 6.45) is 0. The molecule has 26 heavy (non-hydrogen) atoms. The molecule has 1 heterocycles. The third kappa shape index (κ3) is 3.84. The molecule has 0 unspecified atom stereocenters. The van der Waals surface area contributed by atoms with Crippen LogP contribution in [0.4, 0.5) is 17.2 Å². The highest BCUT2D eigenvalue weighted by Crippen LogP contribution is 2.21. The molecule has 3 rings (SSSR count). The van der Waals surface area contributed by atoms with Crippen molar-refractivity contribution < 1.29 is 4.79 Å². The lowest BCUT2D eigenvalue weighted by Gasteiger charge is -2.10. The lowest BCUT2D eigenvalue weighted by molar-refractivity contribution is 0.102. The summed E-state index contributed by atoms with van der Waals surface area (Å²) < 4.78 is 0. The van der Waals surface area contributed by atoms with Crippen LogP contribution in [0.25, 0.3) is 0 Å². The lowest BCUT2D eigenvalue weighted by atomic mass is 10.1. The normalized spacial score (nSPS) is 10.0. The van der Waals surface area contributed by atoms with E-state index < -0.39 is 0 Å². The fourth-order valence-corrected chi connectivity index (χ4v) is 2.41. The number of aryl methyl sites for hydroxylation is 1. The minimum absolute atomic E-state index is 0.193. The maximum atomic E-state index is 12.3. The molecule has 3 aromatic rings. The molecular formula is C20H17N5O. The van der Waals surface area contributed by atoms with Crippen molar-refractivity contribution in [1.82, 2.24) is 10.2 Å². The van der Waals surface area contributed by atoms with E-state index in [1.165, 1.54) is 5.56 Å². The van der Waals surface area contributed by atoms with Crippen LogP contribution in [0.2, 0.25) is 0 Å². The Morgan fingerprint density at radius 1 is 1.04 bits per heavy atom. The predicted octanol–water partition coefficient (Wildman–Crippen LogP) is 3.96. The van der Waals surface area contributed by atoms with E-state index in [9.17, 15) is 4.79 Å². The maximum Gasteiger partial charge on any atom is 0.276 e. The van der Waals surface area contributed by atoms with Crippen LogP contribution in [0, 0.1) is 25.2 Å². The predicted molar refractivity (Wildman–Crippen MR) is 100 cm³/mol. The number of carbonyl (C=O) groups excluding carboxylic acids is 1. The first-order valence-electron chi connectivity index (χ1n) is 8.05. The Bertz CT molecular complexity index is 990. The second-order valence-corrected chi connectivity index (χ2v) is 5.82. The molecule has 2 N–H and O–H groups in total. The largest absolute Gasteiger partial charge is 0.339 e. The third-order valence-corrected chi connectivity index (χ3v) is 4.01. The molecule has 1 aromatic heterocycles. The standard InChI is InChI=1S/C20H17N5O/c1-13-5-3-8-17(14(13)2)23-19-10-9-18(24-25-19)20(26)22-16-7-4-6-15(11-16)12-21/h3-11H,1-2H3,(H,22,26)(H,23,25). The molecule has 0 saturated carbocycles. The number of nitrogens with zero attached hydrogens (tertiary/aromatic N) is 3. The van der Waals surface area contributed by atoms with E-state index in [0.717, 1.165) is 11.3 Å². The number of hydrogen-bond acceptors (Lipinski definition) is 5.